The van der Waals surface area contributed by atoms with Crippen molar-refractivity contribution in [1.29, 1.82) is 0 Å². The predicted molar refractivity (Wildman–Crippen MR) is 72.2 cm³/mol. The SMILES string of the molecule is COC(=O)CSc1nnc(Cc2ccccc2)n1N. The van der Waals surface area contributed by atoms with Crippen LogP contribution >= 0.6 is 11.8 Å². The molecule has 0 saturated carbocycles. The first-order valence-electron chi connectivity index (χ1n) is 5.63. The van der Waals surface area contributed by atoms with Crippen LogP contribution < -0.4 is 5.84 Å². The third kappa shape index (κ3) is 3.47. The summed E-state index contributed by atoms with van der Waals surface area (Å²) in [4.78, 5) is 11.1. The van der Waals surface area contributed by atoms with Gasteiger partial charge in [-0.15, -0.1) is 10.2 Å². The number of ether oxygens (including phenoxy) is 1. The van der Waals surface area contributed by atoms with Crippen LogP contribution in [0.15, 0.2) is 35.5 Å². The lowest BCUT2D eigenvalue weighted by Gasteiger charge is -2.03. The van der Waals surface area contributed by atoms with Crippen LogP contribution in [0.5, 0.6) is 0 Å². The number of hydrogen-bond acceptors (Lipinski definition) is 6. The largest absolute Gasteiger partial charge is 0.468 e. The first-order valence-corrected chi connectivity index (χ1v) is 6.62. The first-order chi connectivity index (χ1) is 9.20. The van der Waals surface area contributed by atoms with Gasteiger partial charge in [0.25, 0.3) is 0 Å². The summed E-state index contributed by atoms with van der Waals surface area (Å²) in [5.74, 6) is 6.39. The minimum atomic E-state index is -0.322. The van der Waals surface area contributed by atoms with Crippen LogP contribution in [0.2, 0.25) is 0 Å². The number of esters is 1. The third-order valence-electron chi connectivity index (χ3n) is 2.49. The van der Waals surface area contributed by atoms with Gasteiger partial charge in [-0.25, -0.2) is 4.68 Å². The summed E-state index contributed by atoms with van der Waals surface area (Å²) in [5, 5.41) is 8.49. The molecule has 2 aromatic rings. The van der Waals surface area contributed by atoms with Gasteiger partial charge in [0.1, 0.15) is 0 Å². The van der Waals surface area contributed by atoms with Gasteiger partial charge in [-0.05, 0) is 5.56 Å². The van der Waals surface area contributed by atoms with Gasteiger partial charge in [0, 0.05) is 6.42 Å². The van der Waals surface area contributed by atoms with Crippen molar-refractivity contribution < 1.29 is 9.53 Å². The summed E-state index contributed by atoms with van der Waals surface area (Å²) in [5.41, 5.74) is 1.10. The van der Waals surface area contributed by atoms with Gasteiger partial charge in [0.2, 0.25) is 5.16 Å². The molecule has 0 radical (unpaired) electrons. The van der Waals surface area contributed by atoms with Crippen LogP contribution in [0.1, 0.15) is 11.4 Å². The number of carbonyl (C=O) groups is 1. The number of thioether (sulfide) groups is 1. The van der Waals surface area contributed by atoms with Crippen molar-refractivity contribution in [3.05, 3.63) is 41.7 Å². The molecule has 6 nitrogen and oxygen atoms in total. The molecule has 0 bridgehead atoms. The Balaban J connectivity index is 2.04. The number of methoxy groups -OCH3 is 1. The van der Waals surface area contributed by atoms with Crippen molar-refractivity contribution in [3.8, 4) is 0 Å². The number of carbonyl (C=O) groups excluding carboxylic acids is 1. The molecule has 0 aliphatic rings. The Kier molecular flexibility index (Phi) is 4.40. The van der Waals surface area contributed by atoms with Crippen molar-refractivity contribution in [2.24, 2.45) is 0 Å². The number of rotatable bonds is 5. The van der Waals surface area contributed by atoms with E-state index < -0.39 is 0 Å². The van der Waals surface area contributed by atoms with E-state index in [0.29, 0.717) is 17.4 Å². The molecule has 1 aromatic heterocycles. The number of benzene rings is 1. The quantitative estimate of drug-likeness (QED) is 0.496. The van der Waals surface area contributed by atoms with Gasteiger partial charge in [-0.3, -0.25) is 4.79 Å². The Morgan fingerprint density at radius 2 is 2.11 bits per heavy atom. The Morgan fingerprint density at radius 3 is 2.79 bits per heavy atom. The number of hydrogen-bond donors (Lipinski definition) is 1. The first kappa shape index (κ1) is 13.4. The highest BCUT2D eigenvalue weighted by Crippen LogP contribution is 2.16. The van der Waals surface area contributed by atoms with Crippen LogP contribution in [0.3, 0.4) is 0 Å². The van der Waals surface area contributed by atoms with Gasteiger partial charge in [-0.2, -0.15) is 0 Å². The Labute approximate surface area is 114 Å². The highest BCUT2D eigenvalue weighted by atomic mass is 32.2. The number of aromatic nitrogens is 3. The second-order valence-electron chi connectivity index (χ2n) is 3.80. The van der Waals surface area contributed by atoms with Crippen LogP contribution in [-0.2, 0) is 16.0 Å². The van der Waals surface area contributed by atoms with Crippen molar-refractivity contribution >= 4 is 17.7 Å². The molecule has 0 unspecified atom stereocenters. The molecule has 100 valence electrons. The van der Waals surface area contributed by atoms with E-state index in [0.717, 1.165) is 5.56 Å². The van der Waals surface area contributed by atoms with E-state index in [1.807, 2.05) is 30.3 Å². The maximum Gasteiger partial charge on any atom is 0.316 e. The van der Waals surface area contributed by atoms with E-state index in [2.05, 4.69) is 14.9 Å². The summed E-state index contributed by atoms with van der Waals surface area (Å²) in [6.07, 6.45) is 0.600. The molecular weight excluding hydrogens is 264 g/mol. The molecule has 0 aliphatic heterocycles. The smallest absolute Gasteiger partial charge is 0.316 e. The zero-order valence-corrected chi connectivity index (χ0v) is 11.3. The van der Waals surface area contributed by atoms with Crippen molar-refractivity contribution in [2.45, 2.75) is 11.6 Å². The van der Waals surface area contributed by atoms with E-state index in [-0.39, 0.29) is 11.7 Å². The summed E-state index contributed by atoms with van der Waals surface area (Å²) in [6, 6.07) is 9.86. The van der Waals surface area contributed by atoms with E-state index in [1.54, 1.807) is 0 Å². The fourth-order valence-corrected chi connectivity index (χ4v) is 2.19. The molecule has 0 atom stereocenters. The molecule has 19 heavy (non-hydrogen) atoms. The zero-order chi connectivity index (χ0) is 13.7. The highest BCUT2D eigenvalue weighted by molar-refractivity contribution is 7.99. The van der Waals surface area contributed by atoms with Gasteiger partial charge in [0.05, 0.1) is 12.9 Å². The summed E-state index contributed by atoms with van der Waals surface area (Å²) < 4.78 is 5.96. The molecule has 1 aromatic carbocycles. The molecular formula is C12H14N4O2S. The number of nitrogens with two attached hydrogens (primary N) is 1. The number of nitrogens with zero attached hydrogens (tertiary/aromatic N) is 3. The summed E-state index contributed by atoms with van der Waals surface area (Å²) in [7, 11) is 1.34. The van der Waals surface area contributed by atoms with Crippen LogP contribution in [0.25, 0.3) is 0 Å². The maximum absolute atomic E-state index is 11.1. The number of nitrogen functional groups attached to an aromatic ring is 1. The Morgan fingerprint density at radius 1 is 1.37 bits per heavy atom. The third-order valence-corrected chi connectivity index (χ3v) is 3.40. The predicted octanol–water partition coefficient (Wildman–Crippen LogP) is 0.848. The van der Waals surface area contributed by atoms with Crippen LogP contribution in [-0.4, -0.2) is 33.7 Å². The molecule has 1 heterocycles. The minimum absolute atomic E-state index is 0.164. The molecule has 0 fully saturated rings. The highest BCUT2D eigenvalue weighted by Gasteiger charge is 2.12. The lowest BCUT2D eigenvalue weighted by Crippen LogP contribution is -2.15. The van der Waals surface area contributed by atoms with Crippen molar-refractivity contribution in [1.82, 2.24) is 14.9 Å². The van der Waals surface area contributed by atoms with E-state index in [9.17, 15) is 4.79 Å². The lowest BCUT2D eigenvalue weighted by molar-refractivity contribution is -0.137. The summed E-state index contributed by atoms with van der Waals surface area (Å²) in [6.45, 7) is 0. The topological polar surface area (TPSA) is 83.0 Å². The van der Waals surface area contributed by atoms with Gasteiger partial charge < -0.3 is 10.6 Å². The second-order valence-corrected chi connectivity index (χ2v) is 4.74. The Hall–Kier alpha value is -2.02. The molecule has 0 aliphatic carbocycles. The van der Waals surface area contributed by atoms with Crippen molar-refractivity contribution in [2.75, 3.05) is 18.7 Å². The van der Waals surface area contributed by atoms with E-state index in [4.69, 9.17) is 5.84 Å². The fourth-order valence-electron chi connectivity index (χ4n) is 1.49. The average molecular weight is 278 g/mol. The van der Waals surface area contributed by atoms with E-state index in [1.165, 1.54) is 23.5 Å². The van der Waals surface area contributed by atoms with Gasteiger partial charge >= 0.3 is 5.97 Å². The monoisotopic (exact) mass is 278 g/mol. The lowest BCUT2D eigenvalue weighted by atomic mass is 10.1. The van der Waals surface area contributed by atoms with Gasteiger partial charge in [0.15, 0.2) is 5.82 Å². The molecule has 0 saturated heterocycles. The standard InChI is InChI=1S/C12H14N4O2S/c1-18-11(17)8-19-12-15-14-10(16(12)13)7-9-5-3-2-4-6-9/h2-6H,7-8,13H2,1H3. The molecule has 0 amide bonds. The zero-order valence-electron chi connectivity index (χ0n) is 10.4. The normalized spacial score (nSPS) is 10.4. The molecule has 2 rings (SSSR count). The van der Waals surface area contributed by atoms with Crippen LogP contribution in [0, 0.1) is 0 Å². The Bertz CT molecular complexity index is 556. The van der Waals surface area contributed by atoms with Crippen LogP contribution in [0.4, 0.5) is 0 Å². The van der Waals surface area contributed by atoms with Gasteiger partial charge in [-0.1, -0.05) is 42.1 Å². The minimum Gasteiger partial charge on any atom is -0.468 e. The fraction of sp³-hybridized carbons (Fsp3) is 0.250. The maximum atomic E-state index is 11.1. The second kappa shape index (κ2) is 6.24. The average Bonchev–Trinajstić information content (AvgIpc) is 2.78. The molecule has 2 N–H and O–H groups in total. The molecule has 7 heteroatoms. The van der Waals surface area contributed by atoms with E-state index >= 15 is 0 Å². The van der Waals surface area contributed by atoms with Crippen molar-refractivity contribution in [3.63, 3.8) is 0 Å². The molecule has 0 spiro atoms. The summed E-state index contributed by atoms with van der Waals surface area (Å²) >= 11 is 1.20.